The van der Waals surface area contributed by atoms with Crippen LogP contribution in [0, 0.1) is 5.92 Å². The van der Waals surface area contributed by atoms with Crippen molar-refractivity contribution in [1.82, 2.24) is 10.2 Å². The summed E-state index contributed by atoms with van der Waals surface area (Å²) >= 11 is 0. The van der Waals surface area contributed by atoms with Crippen molar-refractivity contribution in [3.8, 4) is 0 Å². The first-order chi connectivity index (χ1) is 13.7. The minimum absolute atomic E-state index is 0.0695. The summed E-state index contributed by atoms with van der Waals surface area (Å²) in [7, 11) is 0. The third kappa shape index (κ3) is 13.2. The van der Waals surface area contributed by atoms with Crippen LogP contribution in [0.2, 0.25) is 0 Å². The average molecular weight is 397 g/mol. The molecule has 0 aromatic heterocycles. The Balaban J connectivity index is 0.00000352. The van der Waals surface area contributed by atoms with Gasteiger partial charge >= 0.3 is 0 Å². The lowest BCUT2D eigenvalue weighted by molar-refractivity contribution is -0.129. The van der Waals surface area contributed by atoms with Gasteiger partial charge in [0.05, 0.1) is 5.92 Å². The molecule has 1 heterocycles. The second kappa shape index (κ2) is 19.3. The van der Waals surface area contributed by atoms with Crippen molar-refractivity contribution in [3.05, 3.63) is 0 Å². The van der Waals surface area contributed by atoms with E-state index < -0.39 is 0 Å². The summed E-state index contributed by atoms with van der Waals surface area (Å²) < 4.78 is 0. The lowest BCUT2D eigenvalue weighted by Gasteiger charge is -2.16. The summed E-state index contributed by atoms with van der Waals surface area (Å²) in [6.45, 7) is 10.6. The molecule has 0 aromatic carbocycles. The number of nitrogens with one attached hydrogen (secondary N) is 1. The molecule has 4 heteroatoms. The molecule has 0 spiro atoms. The van der Waals surface area contributed by atoms with E-state index in [0.29, 0.717) is 13.0 Å². The van der Waals surface area contributed by atoms with Crippen LogP contribution in [0.15, 0.2) is 0 Å². The number of carbonyl (C=O) groups is 2. The molecular formula is C24H48N2O2. The lowest BCUT2D eigenvalue weighted by atomic mass is 10.1. The Labute approximate surface area is 175 Å². The van der Waals surface area contributed by atoms with Crippen molar-refractivity contribution < 1.29 is 9.59 Å². The zero-order valence-corrected chi connectivity index (χ0v) is 19.4. The van der Waals surface area contributed by atoms with Crippen LogP contribution in [0.4, 0.5) is 0 Å². The van der Waals surface area contributed by atoms with Crippen LogP contribution in [0.1, 0.15) is 118 Å². The standard InChI is InChI=1S/C22H42N2O2.C2H6/c1-3-5-7-8-9-10-11-12-13-15-17-24-19-20(18-21(24)25)22(26)23-16-14-6-4-2;1-2/h20H,3-19H2,1-2H3,(H,23,26);1-2H3. The maximum atomic E-state index is 12.2. The van der Waals surface area contributed by atoms with E-state index in [2.05, 4.69) is 19.2 Å². The fourth-order valence-electron chi connectivity index (χ4n) is 3.68. The summed E-state index contributed by atoms with van der Waals surface area (Å²) in [5.41, 5.74) is 0. The molecule has 4 nitrogen and oxygen atoms in total. The summed E-state index contributed by atoms with van der Waals surface area (Å²) in [6, 6.07) is 0. The quantitative estimate of drug-likeness (QED) is 0.321. The smallest absolute Gasteiger partial charge is 0.225 e. The molecule has 0 aliphatic carbocycles. The first kappa shape index (κ1) is 26.9. The van der Waals surface area contributed by atoms with Gasteiger partial charge < -0.3 is 10.2 Å². The van der Waals surface area contributed by atoms with Crippen LogP contribution in [-0.2, 0) is 9.59 Å². The highest BCUT2D eigenvalue weighted by atomic mass is 16.2. The van der Waals surface area contributed by atoms with Crippen LogP contribution in [0.3, 0.4) is 0 Å². The molecule has 0 radical (unpaired) electrons. The molecule has 1 saturated heterocycles. The van der Waals surface area contributed by atoms with E-state index in [1.54, 1.807) is 0 Å². The molecule has 1 fully saturated rings. The highest BCUT2D eigenvalue weighted by Gasteiger charge is 2.33. The van der Waals surface area contributed by atoms with Gasteiger partial charge in [-0.25, -0.2) is 0 Å². The van der Waals surface area contributed by atoms with Crippen molar-refractivity contribution in [1.29, 1.82) is 0 Å². The fraction of sp³-hybridized carbons (Fsp3) is 0.917. The average Bonchev–Trinajstić information content (AvgIpc) is 3.09. The topological polar surface area (TPSA) is 49.4 Å². The van der Waals surface area contributed by atoms with E-state index >= 15 is 0 Å². The van der Waals surface area contributed by atoms with Gasteiger partial charge in [-0.2, -0.15) is 0 Å². The van der Waals surface area contributed by atoms with Crippen LogP contribution in [-0.4, -0.2) is 36.3 Å². The first-order valence-electron chi connectivity index (χ1n) is 12.2. The van der Waals surface area contributed by atoms with Crippen LogP contribution >= 0.6 is 0 Å². The van der Waals surface area contributed by atoms with Crippen molar-refractivity contribution in [2.45, 2.75) is 118 Å². The summed E-state index contributed by atoms with van der Waals surface area (Å²) in [4.78, 5) is 26.2. The van der Waals surface area contributed by atoms with Gasteiger partial charge in [0.1, 0.15) is 0 Å². The molecule has 0 bridgehead atoms. The Bertz CT molecular complexity index is 385. The number of amides is 2. The third-order valence-corrected chi connectivity index (χ3v) is 5.45. The second-order valence-corrected chi connectivity index (χ2v) is 7.92. The van der Waals surface area contributed by atoms with Gasteiger partial charge in [0.25, 0.3) is 0 Å². The molecule has 28 heavy (non-hydrogen) atoms. The zero-order valence-electron chi connectivity index (χ0n) is 19.4. The van der Waals surface area contributed by atoms with E-state index in [4.69, 9.17) is 0 Å². The zero-order chi connectivity index (χ0) is 21.0. The summed E-state index contributed by atoms with van der Waals surface area (Å²) in [5, 5.41) is 2.99. The number of carbonyl (C=O) groups excluding carboxylic acids is 2. The molecule has 0 saturated carbocycles. The minimum atomic E-state index is -0.132. The molecular weight excluding hydrogens is 348 g/mol. The Morgan fingerprint density at radius 3 is 1.93 bits per heavy atom. The van der Waals surface area contributed by atoms with E-state index in [1.165, 1.54) is 57.8 Å². The lowest BCUT2D eigenvalue weighted by Crippen LogP contribution is -2.33. The third-order valence-electron chi connectivity index (χ3n) is 5.45. The van der Waals surface area contributed by atoms with Gasteiger partial charge in [-0.15, -0.1) is 0 Å². The number of nitrogens with zero attached hydrogens (tertiary/aromatic N) is 1. The van der Waals surface area contributed by atoms with E-state index in [-0.39, 0.29) is 17.7 Å². The predicted octanol–water partition coefficient (Wildman–Crippen LogP) is 6.09. The Kier molecular flexibility index (Phi) is 18.5. The molecule has 1 N–H and O–H groups in total. The van der Waals surface area contributed by atoms with Gasteiger partial charge in [0.2, 0.25) is 11.8 Å². The normalized spacial score (nSPS) is 16.1. The highest BCUT2D eigenvalue weighted by molar-refractivity contribution is 5.89. The van der Waals surface area contributed by atoms with Gasteiger partial charge in [-0.3, -0.25) is 9.59 Å². The molecule has 1 rings (SSSR count). The molecule has 166 valence electrons. The number of likely N-dealkylation sites (tertiary alicyclic amines) is 1. The van der Waals surface area contributed by atoms with Crippen molar-refractivity contribution in [3.63, 3.8) is 0 Å². The van der Waals surface area contributed by atoms with Crippen molar-refractivity contribution >= 4 is 11.8 Å². The Morgan fingerprint density at radius 2 is 1.36 bits per heavy atom. The van der Waals surface area contributed by atoms with E-state index in [1.807, 2.05) is 18.7 Å². The molecule has 1 atom stereocenters. The first-order valence-corrected chi connectivity index (χ1v) is 12.2. The van der Waals surface area contributed by atoms with Crippen molar-refractivity contribution in [2.75, 3.05) is 19.6 Å². The SMILES string of the molecule is CC.CCCCCCCCCCCCN1CC(C(=O)NCCCCC)CC1=O. The highest BCUT2D eigenvalue weighted by Crippen LogP contribution is 2.19. The van der Waals surface area contributed by atoms with E-state index in [0.717, 1.165) is 38.8 Å². The van der Waals surface area contributed by atoms with Crippen molar-refractivity contribution in [2.24, 2.45) is 5.92 Å². The fourth-order valence-corrected chi connectivity index (χ4v) is 3.68. The predicted molar refractivity (Wildman–Crippen MR) is 120 cm³/mol. The Morgan fingerprint density at radius 1 is 0.857 bits per heavy atom. The second-order valence-electron chi connectivity index (χ2n) is 7.92. The van der Waals surface area contributed by atoms with Gasteiger partial charge in [-0.05, 0) is 12.8 Å². The van der Waals surface area contributed by atoms with Gasteiger partial charge in [-0.1, -0.05) is 98.3 Å². The Hall–Kier alpha value is -1.06. The van der Waals surface area contributed by atoms with E-state index in [9.17, 15) is 9.59 Å². The van der Waals surface area contributed by atoms with Gasteiger partial charge in [0, 0.05) is 26.1 Å². The van der Waals surface area contributed by atoms with Gasteiger partial charge in [0.15, 0.2) is 0 Å². The number of hydrogen-bond donors (Lipinski definition) is 1. The maximum absolute atomic E-state index is 12.2. The summed E-state index contributed by atoms with van der Waals surface area (Å²) in [6.07, 6.45) is 16.8. The van der Waals surface area contributed by atoms with Crippen LogP contribution in [0.25, 0.3) is 0 Å². The minimum Gasteiger partial charge on any atom is -0.356 e. The molecule has 1 unspecified atom stereocenters. The largest absolute Gasteiger partial charge is 0.356 e. The van der Waals surface area contributed by atoms with Crippen LogP contribution in [0.5, 0.6) is 0 Å². The number of hydrogen-bond acceptors (Lipinski definition) is 2. The number of rotatable bonds is 16. The number of unbranched alkanes of at least 4 members (excludes halogenated alkanes) is 11. The molecule has 0 aromatic rings. The van der Waals surface area contributed by atoms with Crippen LogP contribution < -0.4 is 5.32 Å². The molecule has 1 aliphatic rings. The maximum Gasteiger partial charge on any atom is 0.225 e. The molecule has 1 aliphatic heterocycles. The molecule has 2 amide bonds. The monoisotopic (exact) mass is 396 g/mol. The summed E-state index contributed by atoms with van der Waals surface area (Å²) in [5.74, 6) is 0.0990.